The van der Waals surface area contributed by atoms with Crippen LogP contribution < -0.4 is 5.32 Å². The SMILES string of the molecule is CC(Br)Nc1cccc(Br)c1. The lowest BCUT2D eigenvalue weighted by Crippen LogP contribution is -2.05. The molecule has 1 atom stereocenters. The molecular weight excluding hydrogens is 270 g/mol. The van der Waals surface area contributed by atoms with Crippen LogP contribution in [0, 0.1) is 0 Å². The standard InChI is InChI=1S/C8H9Br2N/c1-6(9)11-8-4-2-3-7(10)5-8/h2-6,11H,1H3. The minimum Gasteiger partial charge on any atom is -0.373 e. The third-order valence-electron chi connectivity index (χ3n) is 1.19. The zero-order chi connectivity index (χ0) is 8.27. The molecule has 0 aliphatic heterocycles. The third kappa shape index (κ3) is 3.25. The maximum Gasteiger partial charge on any atom is 0.0789 e. The van der Waals surface area contributed by atoms with E-state index >= 15 is 0 Å². The van der Waals surface area contributed by atoms with Gasteiger partial charge in [0.15, 0.2) is 0 Å². The first-order chi connectivity index (χ1) is 5.18. The molecule has 0 aromatic heterocycles. The van der Waals surface area contributed by atoms with E-state index in [2.05, 4.69) is 37.2 Å². The van der Waals surface area contributed by atoms with E-state index < -0.39 is 0 Å². The number of alkyl halides is 1. The Kier molecular flexibility index (Phi) is 3.40. The lowest BCUT2D eigenvalue weighted by molar-refractivity contribution is 1.15. The second kappa shape index (κ2) is 4.12. The Bertz CT molecular complexity index is 235. The average Bonchev–Trinajstić information content (AvgIpc) is 1.85. The largest absolute Gasteiger partial charge is 0.373 e. The molecule has 0 radical (unpaired) electrons. The summed E-state index contributed by atoms with van der Waals surface area (Å²) >= 11 is 6.81. The number of hydrogen-bond donors (Lipinski definition) is 1. The van der Waals surface area contributed by atoms with Crippen LogP contribution in [0.4, 0.5) is 5.69 Å². The van der Waals surface area contributed by atoms with Crippen molar-refractivity contribution in [1.29, 1.82) is 0 Å². The van der Waals surface area contributed by atoms with Gasteiger partial charge in [0.05, 0.1) is 4.95 Å². The van der Waals surface area contributed by atoms with Gasteiger partial charge in [-0.2, -0.15) is 0 Å². The van der Waals surface area contributed by atoms with E-state index in [0.717, 1.165) is 10.2 Å². The van der Waals surface area contributed by atoms with Gasteiger partial charge < -0.3 is 5.32 Å². The Morgan fingerprint density at radius 1 is 1.45 bits per heavy atom. The molecule has 1 nitrogen and oxygen atoms in total. The Morgan fingerprint density at radius 2 is 2.18 bits per heavy atom. The van der Waals surface area contributed by atoms with Crippen LogP contribution in [-0.4, -0.2) is 4.95 Å². The number of hydrogen-bond acceptors (Lipinski definition) is 1. The van der Waals surface area contributed by atoms with Crippen molar-refractivity contribution in [1.82, 2.24) is 0 Å². The smallest absolute Gasteiger partial charge is 0.0789 e. The summed E-state index contributed by atoms with van der Waals surface area (Å²) in [7, 11) is 0. The maximum atomic E-state index is 3.41. The van der Waals surface area contributed by atoms with Crippen molar-refractivity contribution >= 4 is 37.5 Å². The van der Waals surface area contributed by atoms with Crippen molar-refractivity contribution in [3.63, 3.8) is 0 Å². The number of benzene rings is 1. The average molecular weight is 279 g/mol. The van der Waals surface area contributed by atoms with Gasteiger partial charge in [-0.25, -0.2) is 0 Å². The molecular formula is C8H9Br2N. The lowest BCUT2D eigenvalue weighted by atomic mass is 10.3. The van der Waals surface area contributed by atoms with Crippen LogP contribution in [0.15, 0.2) is 28.7 Å². The fourth-order valence-corrected chi connectivity index (χ4v) is 1.47. The van der Waals surface area contributed by atoms with Crippen LogP contribution in [0.5, 0.6) is 0 Å². The first-order valence-electron chi connectivity index (χ1n) is 3.34. The van der Waals surface area contributed by atoms with E-state index in [0.29, 0.717) is 4.95 Å². The molecule has 11 heavy (non-hydrogen) atoms. The molecule has 0 bridgehead atoms. The molecule has 0 aliphatic carbocycles. The summed E-state index contributed by atoms with van der Waals surface area (Å²) in [5.74, 6) is 0. The van der Waals surface area contributed by atoms with Gasteiger partial charge in [-0.1, -0.05) is 37.9 Å². The first-order valence-corrected chi connectivity index (χ1v) is 5.05. The second-order valence-corrected chi connectivity index (χ2v) is 4.56. The van der Waals surface area contributed by atoms with Gasteiger partial charge in [0.1, 0.15) is 0 Å². The van der Waals surface area contributed by atoms with E-state index in [9.17, 15) is 0 Å². The Balaban J connectivity index is 2.71. The van der Waals surface area contributed by atoms with Crippen LogP contribution in [0.25, 0.3) is 0 Å². The van der Waals surface area contributed by atoms with Gasteiger partial charge in [0, 0.05) is 10.2 Å². The Labute approximate surface area is 83.4 Å². The predicted molar refractivity (Wildman–Crippen MR) is 56.2 cm³/mol. The molecule has 3 heteroatoms. The van der Waals surface area contributed by atoms with E-state index in [1.54, 1.807) is 0 Å². The van der Waals surface area contributed by atoms with Crippen molar-refractivity contribution in [2.75, 3.05) is 5.32 Å². The molecule has 1 unspecified atom stereocenters. The van der Waals surface area contributed by atoms with Crippen LogP contribution in [-0.2, 0) is 0 Å². The molecule has 0 heterocycles. The highest BCUT2D eigenvalue weighted by molar-refractivity contribution is 9.10. The van der Waals surface area contributed by atoms with Crippen LogP contribution in [0.3, 0.4) is 0 Å². The fraction of sp³-hybridized carbons (Fsp3) is 0.250. The molecule has 0 saturated heterocycles. The Morgan fingerprint density at radius 3 is 2.73 bits per heavy atom. The monoisotopic (exact) mass is 277 g/mol. The highest BCUT2D eigenvalue weighted by Crippen LogP contribution is 2.17. The molecule has 1 aromatic rings. The molecule has 1 N–H and O–H groups in total. The summed E-state index contributed by atoms with van der Waals surface area (Å²) in [6, 6.07) is 8.08. The molecule has 60 valence electrons. The fourth-order valence-electron chi connectivity index (χ4n) is 0.808. The van der Waals surface area contributed by atoms with Crippen LogP contribution >= 0.6 is 31.9 Å². The zero-order valence-electron chi connectivity index (χ0n) is 6.14. The van der Waals surface area contributed by atoms with Crippen molar-refractivity contribution in [2.24, 2.45) is 0 Å². The van der Waals surface area contributed by atoms with Gasteiger partial charge in [-0.15, -0.1) is 0 Å². The summed E-state index contributed by atoms with van der Waals surface area (Å²) in [6.07, 6.45) is 0. The van der Waals surface area contributed by atoms with E-state index in [-0.39, 0.29) is 0 Å². The highest BCUT2D eigenvalue weighted by Gasteiger charge is 1.95. The normalized spacial score (nSPS) is 12.6. The van der Waals surface area contributed by atoms with E-state index in [4.69, 9.17) is 0 Å². The van der Waals surface area contributed by atoms with Crippen LogP contribution in [0.2, 0.25) is 0 Å². The second-order valence-electron chi connectivity index (χ2n) is 2.27. The number of rotatable bonds is 2. The van der Waals surface area contributed by atoms with Gasteiger partial charge in [-0.05, 0) is 25.1 Å². The van der Waals surface area contributed by atoms with Crippen molar-refractivity contribution in [2.45, 2.75) is 11.9 Å². The van der Waals surface area contributed by atoms with Gasteiger partial charge in [-0.3, -0.25) is 0 Å². The molecule has 1 aromatic carbocycles. The summed E-state index contributed by atoms with van der Waals surface area (Å²) in [4.78, 5) is 0.303. The molecule has 0 aliphatic rings. The predicted octanol–water partition coefficient (Wildman–Crippen LogP) is 3.60. The Hall–Kier alpha value is -0.0200. The van der Waals surface area contributed by atoms with Crippen molar-refractivity contribution in [3.05, 3.63) is 28.7 Å². The molecule has 0 saturated carbocycles. The number of anilines is 1. The summed E-state index contributed by atoms with van der Waals surface area (Å²) in [5.41, 5.74) is 1.11. The minimum atomic E-state index is 0.303. The number of halogens is 2. The number of nitrogens with one attached hydrogen (secondary N) is 1. The highest BCUT2D eigenvalue weighted by atomic mass is 79.9. The quantitative estimate of drug-likeness (QED) is 0.644. The van der Waals surface area contributed by atoms with Gasteiger partial charge >= 0.3 is 0 Å². The van der Waals surface area contributed by atoms with Crippen LogP contribution in [0.1, 0.15) is 6.92 Å². The zero-order valence-corrected chi connectivity index (χ0v) is 9.31. The molecule has 0 fully saturated rings. The van der Waals surface area contributed by atoms with Gasteiger partial charge in [0.2, 0.25) is 0 Å². The minimum absolute atomic E-state index is 0.303. The molecule has 0 spiro atoms. The van der Waals surface area contributed by atoms with Crippen molar-refractivity contribution in [3.8, 4) is 0 Å². The van der Waals surface area contributed by atoms with E-state index in [1.807, 2.05) is 31.2 Å². The summed E-state index contributed by atoms with van der Waals surface area (Å²) < 4.78 is 1.09. The van der Waals surface area contributed by atoms with Gasteiger partial charge in [0.25, 0.3) is 0 Å². The van der Waals surface area contributed by atoms with E-state index in [1.165, 1.54) is 0 Å². The maximum absolute atomic E-state index is 3.41. The molecule has 0 amide bonds. The van der Waals surface area contributed by atoms with Crippen molar-refractivity contribution < 1.29 is 0 Å². The topological polar surface area (TPSA) is 12.0 Å². The lowest BCUT2D eigenvalue weighted by Gasteiger charge is -2.07. The molecule has 1 rings (SSSR count). The first kappa shape index (κ1) is 9.07. The summed E-state index contributed by atoms with van der Waals surface area (Å²) in [5, 5.41) is 3.23. The summed E-state index contributed by atoms with van der Waals surface area (Å²) in [6.45, 7) is 2.04. The third-order valence-corrected chi connectivity index (χ3v) is 1.91.